The second-order valence-electron chi connectivity index (χ2n) is 5.42. The molecule has 3 aromatic rings. The van der Waals surface area contributed by atoms with E-state index in [1.165, 1.54) is 4.88 Å². The van der Waals surface area contributed by atoms with E-state index < -0.39 is 5.63 Å². The lowest BCUT2D eigenvalue weighted by molar-refractivity contribution is 0.0947. The maximum absolute atomic E-state index is 12.3. The van der Waals surface area contributed by atoms with Crippen LogP contribution in [0.3, 0.4) is 0 Å². The molecule has 2 heterocycles. The molecule has 2 aromatic heterocycles. The molecule has 2 atom stereocenters. The second kappa shape index (κ2) is 5.10. The van der Waals surface area contributed by atoms with Crippen LogP contribution in [0.25, 0.3) is 11.0 Å². The maximum atomic E-state index is 12.3. The number of carbonyl (C=O) groups excluding carboxylic acids is 1. The van der Waals surface area contributed by atoms with Crippen LogP contribution in [-0.2, 0) is 0 Å². The van der Waals surface area contributed by atoms with Gasteiger partial charge in [0.2, 0.25) is 0 Å². The van der Waals surface area contributed by atoms with Gasteiger partial charge in [0, 0.05) is 22.2 Å². The summed E-state index contributed by atoms with van der Waals surface area (Å²) in [4.78, 5) is 25.5. The second-order valence-corrected chi connectivity index (χ2v) is 6.40. The van der Waals surface area contributed by atoms with Crippen molar-refractivity contribution in [2.45, 2.75) is 18.4 Å². The fourth-order valence-corrected chi connectivity index (χ4v) is 3.54. The Morgan fingerprint density at radius 3 is 2.91 bits per heavy atom. The van der Waals surface area contributed by atoms with Crippen LogP contribution in [0, 0.1) is 0 Å². The minimum atomic E-state index is -0.593. The molecule has 110 valence electrons. The van der Waals surface area contributed by atoms with Gasteiger partial charge in [0.15, 0.2) is 0 Å². The molecule has 0 radical (unpaired) electrons. The molecular weight excluding hydrogens is 298 g/mol. The summed E-state index contributed by atoms with van der Waals surface area (Å²) in [5, 5.41) is 5.70. The lowest BCUT2D eigenvalue weighted by atomic mass is 10.2. The minimum absolute atomic E-state index is 0.0653. The number of amides is 1. The van der Waals surface area contributed by atoms with Gasteiger partial charge in [0.05, 0.1) is 0 Å². The van der Waals surface area contributed by atoms with Gasteiger partial charge >= 0.3 is 5.63 Å². The molecule has 1 aromatic carbocycles. The van der Waals surface area contributed by atoms with Crippen molar-refractivity contribution >= 4 is 28.2 Å². The molecule has 0 bridgehead atoms. The van der Waals surface area contributed by atoms with Crippen molar-refractivity contribution in [2.75, 3.05) is 0 Å². The highest BCUT2D eigenvalue weighted by atomic mass is 32.1. The lowest BCUT2D eigenvalue weighted by Crippen LogP contribution is -2.30. The van der Waals surface area contributed by atoms with E-state index in [1.807, 2.05) is 23.6 Å². The van der Waals surface area contributed by atoms with Crippen LogP contribution in [0.4, 0.5) is 0 Å². The molecule has 4 rings (SSSR count). The Hall–Kier alpha value is -2.40. The maximum Gasteiger partial charge on any atom is 0.349 e. The zero-order chi connectivity index (χ0) is 15.1. The lowest BCUT2D eigenvalue weighted by Gasteiger charge is -2.04. The molecule has 1 aliphatic rings. The van der Waals surface area contributed by atoms with Crippen LogP contribution < -0.4 is 10.9 Å². The van der Waals surface area contributed by atoms with E-state index in [0.29, 0.717) is 11.5 Å². The van der Waals surface area contributed by atoms with E-state index in [4.69, 9.17) is 4.42 Å². The van der Waals surface area contributed by atoms with Gasteiger partial charge in [0.1, 0.15) is 11.1 Å². The normalized spacial score (nSPS) is 20.0. The van der Waals surface area contributed by atoms with Crippen LogP contribution in [0.1, 0.15) is 27.6 Å². The van der Waals surface area contributed by atoms with Crippen LogP contribution in [-0.4, -0.2) is 11.9 Å². The van der Waals surface area contributed by atoms with Crippen LogP contribution in [0.5, 0.6) is 0 Å². The molecule has 4 nitrogen and oxygen atoms in total. The first-order valence-electron chi connectivity index (χ1n) is 7.09. The largest absolute Gasteiger partial charge is 0.422 e. The summed E-state index contributed by atoms with van der Waals surface area (Å²) in [6.45, 7) is 0. The molecule has 5 heteroatoms. The molecule has 1 fully saturated rings. The van der Waals surface area contributed by atoms with Crippen molar-refractivity contribution in [1.29, 1.82) is 0 Å². The zero-order valence-electron chi connectivity index (χ0n) is 11.6. The Labute approximate surface area is 130 Å². The number of rotatable bonds is 3. The van der Waals surface area contributed by atoms with Crippen LogP contribution in [0.2, 0.25) is 0 Å². The number of hydrogen-bond donors (Lipinski definition) is 1. The first kappa shape index (κ1) is 13.3. The van der Waals surface area contributed by atoms with Gasteiger partial charge in [-0.3, -0.25) is 4.79 Å². The van der Waals surface area contributed by atoms with E-state index in [0.717, 1.165) is 11.8 Å². The van der Waals surface area contributed by atoms with Gasteiger partial charge in [-0.25, -0.2) is 4.79 Å². The Morgan fingerprint density at radius 2 is 2.09 bits per heavy atom. The van der Waals surface area contributed by atoms with E-state index >= 15 is 0 Å². The molecular formula is C17H13NO3S. The third-order valence-corrected chi connectivity index (χ3v) is 4.91. The molecule has 1 N–H and O–H groups in total. The Morgan fingerprint density at radius 1 is 1.23 bits per heavy atom. The van der Waals surface area contributed by atoms with Gasteiger partial charge in [0.25, 0.3) is 5.91 Å². The predicted octanol–water partition coefficient (Wildman–Crippen LogP) is 3.14. The molecule has 0 aliphatic heterocycles. The van der Waals surface area contributed by atoms with Crippen molar-refractivity contribution in [1.82, 2.24) is 5.32 Å². The molecule has 1 saturated carbocycles. The Balaban J connectivity index is 1.56. The topological polar surface area (TPSA) is 59.3 Å². The summed E-state index contributed by atoms with van der Waals surface area (Å²) in [6.07, 6.45) is 0.922. The summed E-state index contributed by atoms with van der Waals surface area (Å²) < 4.78 is 5.20. The standard InChI is InChI=1S/C17H13NO3S/c19-16(18-13-9-11(13)15-6-3-7-22-15)12-8-10-4-1-2-5-14(10)21-17(12)20/h1-8,11,13H,9H2,(H,18,19). The summed E-state index contributed by atoms with van der Waals surface area (Å²) in [5.41, 5.74) is -0.0352. The smallest absolute Gasteiger partial charge is 0.349 e. The Bertz CT molecular complexity index is 898. The van der Waals surface area contributed by atoms with Crippen molar-refractivity contribution in [3.8, 4) is 0 Å². The monoisotopic (exact) mass is 311 g/mol. The summed E-state index contributed by atoms with van der Waals surface area (Å²) in [6, 6.07) is 13.0. The van der Waals surface area contributed by atoms with Crippen molar-refractivity contribution in [3.05, 3.63) is 68.7 Å². The van der Waals surface area contributed by atoms with E-state index in [-0.39, 0.29) is 17.5 Å². The van der Waals surface area contributed by atoms with E-state index in [9.17, 15) is 9.59 Å². The number of benzene rings is 1. The first-order valence-corrected chi connectivity index (χ1v) is 7.97. The van der Waals surface area contributed by atoms with Crippen molar-refractivity contribution in [2.24, 2.45) is 0 Å². The minimum Gasteiger partial charge on any atom is -0.422 e. The number of thiophene rings is 1. The third kappa shape index (κ3) is 2.33. The number of hydrogen-bond acceptors (Lipinski definition) is 4. The van der Waals surface area contributed by atoms with Gasteiger partial charge in [-0.05, 0) is 30.0 Å². The van der Waals surface area contributed by atoms with Crippen LogP contribution >= 0.6 is 11.3 Å². The highest BCUT2D eigenvalue weighted by molar-refractivity contribution is 7.10. The summed E-state index contributed by atoms with van der Waals surface area (Å²) in [5.74, 6) is 0.0139. The third-order valence-electron chi connectivity index (χ3n) is 3.90. The fraction of sp³-hybridized carbons (Fsp3) is 0.176. The van der Waals surface area contributed by atoms with Crippen LogP contribution in [0.15, 0.2) is 57.1 Å². The molecule has 1 aliphatic carbocycles. The van der Waals surface area contributed by atoms with Gasteiger partial charge in [-0.1, -0.05) is 24.3 Å². The van der Waals surface area contributed by atoms with E-state index in [1.54, 1.807) is 29.5 Å². The number of carbonyl (C=O) groups is 1. The molecule has 1 amide bonds. The van der Waals surface area contributed by atoms with Gasteiger partial charge in [-0.2, -0.15) is 0 Å². The van der Waals surface area contributed by atoms with Gasteiger partial charge < -0.3 is 9.73 Å². The average molecular weight is 311 g/mol. The predicted molar refractivity (Wildman–Crippen MR) is 85.4 cm³/mol. The number of para-hydroxylation sites is 1. The van der Waals surface area contributed by atoms with Gasteiger partial charge in [-0.15, -0.1) is 11.3 Å². The zero-order valence-corrected chi connectivity index (χ0v) is 12.4. The fourth-order valence-electron chi connectivity index (χ4n) is 2.64. The average Bonchev–Trinajstić information content (AvgIpc) is 3.07. The van der Waals surface area contributed by atoms with E-state index in [2.05, 4.69) is 11.4 Å². The highest BCUT2D eigenvalue weighted by Gasteiger charge is 2.40. The summed E-state index contributed by atoms with van der Waals surface area (Å²) >= 11 is 1.69. The SMILES string of the molecule is O=C(NC1CC1c1cccs1)c1cc2ccccc2oc1=O. The van der Waals surface area contributed by atoms with Crippen molar-refractivity contribution < 1.29 is 9.21 Å². The summed E-state index contributed by atoms with van der Waals surface area (Å²) in [7, 11) is 0. The Kier molecular flexibility index (Phi) is 3.08. The number of nitrogens with one attached hydrogen (secondary N) is 1. The molecule has 2 unspecified atom stereocenters. The molecule has 0 spiro atoms. The molecule has 0 saturated heterocycles. The highest BCUT2D eigenvalue weighted by Crippen LogP contribution is 2.42. The van der Waals surface area contributed by atoms with Crippen molar-refractivity contribution in [3.63, 3.8) is 0 Å². The number of fused-ring (bicyclic) bond motifs is 1. The first-order chi connectivity index (χ1) is 10.7. The molecule has 22 heavy (non-hydrogen) atoms. The quantitative estimate of drug-likeness (QED) is 0.756.